The van der Waals surface area contributed by atoms with Crippen molar-refractivity contribution in [3.63, 3.8) is 0 Å². The van der Waals surface area contributed by atoms with Gasteiger partial charge in [0.2, 0.25) is 5.88 Å². The third-order valence-corrected chi connectivity index (χ3v) is 5.72. The van der Waals surface area contributed by atoms with Crippen LogP contribution in [0.2, 0.25) is 0 Å². The van der Waals surface area contributed by atoms with E-state index >= 15 is 0 Å². The molecule has 1 atom stereocenters. The zero-order valence-electron chi connectivity index (χ0n) is 12.2. The van der Waals surface area contributed by atoms with Gasteiger partial charge >= 0.3 is 0 Å². The number of aromatic nitrogens is 2. The molecule has 22 heavy (non-hydrogen) atoms. The molecule has 0 saturated carbocycles. The summed E-state index contributed by atoms with van der Waals surface area (Å²) in [6.07, 6.45) is 5.07. The molecule has 0 aliphatic heterocycles. The summed E-state index contributed by atoms with van der Waals surface area (Å²) in [4.78, 5) is 11.3. The van der Waals surface area contributed by atoms with E-state index in [2.05, 4.69) is 32.8 Å². The van der Waals surface area contributed by atoms with Crippen molar-refractivity contribution >= 4 is 37.5 Å². The Morgan fingerprint density at radius 3 is 3.09 bits per heavy atom. The minimum atomic E-state index is 0.676. The highest BCUT2D eigenvalue weighted by Crippen LogP contribution is 2.41. The molecular weight excluding hydrogens is 360 g/mol. The number of hydrogen-bond acceptors (Lipinski definition) is 4. The Balaban J connectivity index is 1.81. The molecule has 0 N–H and O–H groups in total. The van der Waals surface area contributed by atoms with Gasteiger partial charge < -0.3 is 4.74 Å². The fourth-order valence-corrected chi connectivity index (χ4v) is 4.68. The van der Waals surface area contributed by atoms with Crippen LogP contribution in [0.3, 0.4) is 0 Å². The first-order valence-corrected chi connectivity index (χ1v) is 9.00. The van der Waals surface area contributed by atoms with E-state index in [-0.39, 0.29) is 0 Å². The van der Waals surface area contributed by atoms with E-state index in [1.54, 1.807) is 17.7 Å². The first-order chi connectivity index (χ1) is 10.7. The van der Waals surface area contributed by atoms with Crippen molar-refractivity contribution < 1.29 is 4.74 Å². The Morgan fingerprint density at radius 1 is 1.32 bits per heavy atom. The normalized spacial score (nSPS) is 17.5. The number of rotatable bonds is 2. The number of ether oxygens (including phenoxy) is 1. The number of nitrogens with zero attached hydrogens (tertiary/aromatic N) is 2. The molecule has 0 fully saturated rings. The molecule has 0 amide bonds. The van der Waals surface area contributed by atoms with Crippen LogP contribution in [0.1, 0.15) is 23.8 Å². The standard InChI is InChI=1S/C17H15BrN2OS/c1-10-5-6-13-14(7-10)22-17-15(13)16(19-9-20-17)21-12-4-2-3-11(18)8-12/h2-4,8-10H,5-7H2,1H3/t10-/m0/s1. The van der Waals surface area contributed by atoms with Gasteiger partial charge in [0.05, 0.1) is 5.39 Å². The van der Waals surface area contributed by atoms with Crippen LogP contribution < -0.4 is 4.74 Å². The van der Waals surface area contributed by atoms with E-state index in [0.29, 0.717) is 5.88 Å². The van der Waals surface area contributed by atoms with Crippen molar-refractivity contribution in [1.82, 2.24) is 9.97 Å². The Bertz CT molecular complexity index is 846. The average Bonchev–Trinajstić information content (AvgIpc) is 2.85. The van der Waals surface area contributed by atoms with Gasteiger partial charge in [0.25, 0.3) is 0 Å². The number of halogens is 1. The molecule has 1 aliphatic carbocycles. The Kier molecular flexibility index (Phi) is 3.62. The third kappa shape index (κ3) is 2.52. The van der Waals surface area contributed by atoms with Crippen molar-refractivity contribution in [2.45, 2.75) is 26.2 Å². The van der Waals surface area contributed by atoms with Crippen LogP contribution >= 0.6 is 27.3 Å². The van der Waals surface area contributed by atoms with Gasteiger partial charge in [-0.2, -0.15) is 0 Å². The van der Waals surface area contributed by atoms with Gasteiger partial charge in [-0.15, -0.1) is 11.3 Å². The number of thiophene rings is 1. The number of fused-ring (bicyclic) bond motifs is 3. The Hall–Kier alpha value is -1.46. The predicted octanol–water partition coefficient (Wildman–Crippen LogP) is 5.37. The fourth-order valence-electron chi connectivity index (χ4n) is 2.97. The summed E-state index contributed by atoms with van der Waals surface area (Å²) in [6.45, 7) is 2.32. The topological polar surface area (TPSA) is 35.0 Å². The lowest BCUT2D eigenvalue weighted by Gasteiger charge is -2.18. The van der Waals surface area contributed by atoms with Crippen molar-refractivity contribution in [2.75, 3.05) is 0 Å². The summed E-state index contributed by atoms with van der Waals surface area (Å²) < 4.78 is 7.05. The molecule has 0 saturated heterocycles. The molecule has 0 spiro atoms. The fraction of sp³-hybridized carbons (Fsp3) is 0.294. The highest BCUT2D eigenvalue weighted by atomic mass is 79.9. The van der Waals surface area contributed by atoms with Crippen LogP contribution in [0, 0.1) is 5.92 Å². The van der Waals surface area contributed by atoms with Gasteiger partial charge in [-0.05, 0) is 48.9 Å². The van der Waals surface area contributed by atoms with Crippen LogP contribution in [-0.2, 0) is 12.8 Å². The van der Waals surface area contributed by atoms with Crippen molar-refractivity contribution in [3.05, 3.63) is 45.5 Å². The molecule has 0 radical (unpaired) electrons. The van der Waals surface area contributed by atoms with Gasteiger partial charge in [0, 0.05) is 9.35 Å². The minimum Gasteiger partial charge on any atom is -0.438 e. The predicted molar refractivity (Wildman–Crippen MR) is 92.8 cm³/mol. The second kappa shape index (κ2) is 5.63. The van der Waals surface area contributed by atoms with Gasteiger partial charge in [0.1, 0.15) is 16.9 Å². The maximum atomic E-state index is 6.05. The van der Waals surface area contributed by atoms with Crippen LogP contribution in [0.4, 0.5) is 0 Å². The van der Waals surface area contributed by atoms with E-state index in [1.807, 2.05) is 24.3 Å². The van der Waals surface area contributed by atoms with Crippen LogP contribution in [0.25, 0.3) is 10.2 Å². The molecule has 0 unspecified atom stereocenters. The summed E-state index contributed by atoms with van der Waals surface area (Å²) in [5.74, 6) is 2.22. The first-order valence-electron chi connectivity index (χ1n) is 7.39. The quantitative estimate of drug-likeness (QED) is 0.604. The number of hydrogen-bond donors (Lipinski definition) is 0. The largest absolute Gasteiger partial charge is 0.438 e. The summed E-state index contributed by atoms with van der Waals surface area (Å²) in [5.41, 5.74) is 1.39. The van der Waals surface area contributed by atoms with E-state index in [9.17, 15) is 0 Å². The molecule has 3 aromatic rings. The van der Waals surface area contributed by atoms with E-state index in [1.165, 1.54) is 16.9 Å². The maximum absolute atomic E-state index is 6.05. The van der Waals surface area contributed by atoms with E-state index in [4.69, 9.17) is 4.74 Å². The maximum Gasteiger partial charge on any atom is 0.231 e. The molecular formula is C17H15BrN2OS. The van der Waals surface area contributed by atoms with Crippen molar-refractivity contribution in [1.29, 1.82) is 0 Å². The summed E-state index contributed by atoms with van der Waals surface area (Å²) in [6, 6.07) is 7.84. The molecule has 1 aromatic carbocycles. The lowest BCUT2D eigenvalue weighted by atomic mass is 9.89. The minimum absolute atomic E-state index is 0.676. The average molecular weight is 375 g/mol. The van der Waals surface area contributed by atoms with Gasteiger partial charge in [-0.3, -0.25) is 0 Å². The van der Waals surface area contributed by atoms with Crippen LogP contribution in [0.5, 0.6) is 11.6 Å². The van der Waals surface area contributed by atoms with E-state index in [0.717, 1.165) is 39.2 Å². The monoisotopic (exact) mass is 374 g/mol. The summed E-state index contributed by atoms with van der Waals surface area (Å²) in [5, 5.41) is 1.11. The Morgan fingerprint density at radius 2 is 2.23 bits per heavy atom. The lowest BCUT2D eigenvalue weighted by molar-refractivity contribution is 0.466. The number of benzene rings is 1. The Labute approximate surface area is 141 Å². The zero-order valence-corrected chi connectivity index (χ0v) is 14.6. The van der Waals surface area contributed by atoms with E-state index < -0.39 is 0 Å². The van der Waals surface area contributed by atoms with Gasteiger partial charge in [0.15, 0.2) is 0 Å². The van der Waals surface area contributed by atoms with Crippen molar-refractivity contribution in [2.24, 2.45) is 5.92 Å². The van der Waals surface area contributed by atoms with Crippen LogP contribution in [0.15, 0.2) is 35.1 Å². The molecule has 112 valence electrons. The highest BCUT2D eigenvalue weighted by molar-refractivity contribution is 9.10. The number of aryl methyl sites for hydroxylation is 1. The van der Waals surface area contributed by atoms with Crippen molar-refractivity contribution in [3.8, 4) is 11.6 Å². The zero-order chi connectivity index (χ0) is 15.1. The van der Waals surface area contributed by atoms with Gasteiger partial charge in [-0.1, -0.05) is 28.9 Å². The third-order valence-electron chi connectivity index (χ3n) is 4.07. The van der Waals surface area contributed by atoms with Crippen LogP contribution in [-0.4, -0.2) is 9.97 Å². The summed E-state index contributed by atoms with van der Waals surface area (Å²) in [7, 11) is 0. The molecule has 4 rings (SSSR count). The molecule has 3 nitrogen and oxygen atoms in total. The molecule has 1 aliphatic rings. The highest BCUT2D eigenvalue weighted by Gasteiger charge is 2.23. The first kappa shape index (κ1) is 14.2. The molecule has 0 bridgehead atoms. The van der Waals surface area contributed by atoms with Gasteiger partial charge in [-0.25, -0.2) is 9.97 Å². The second-order valence-electron chi connectivity index (χ2n) is 5.77. The second-order valence-corrected chi connectivity index (χ2v) is 7.77. The SMILES string of the molecule is C[C@H]1CCc2c(sc3ncnc(Oc4cccc(Br)c4)c23)C1. The molecule has 2 aromatic heterocycles. The lowest BCUT2D eigenvalue weighted by Crippen LogP contribution is -2.08. The smallest absolute Gasteiger partial charge is 0.231 e. The molecule has 2 heterocycles. The molecule has 5 heteroatoms. The summed E-state index contributed by atoms with van der Waals surface area (Å²) >= 11 is 5.26.